The third-order valence-electron chi connectivity index (χ3n) is 4.31. The van der Waals surface area contributed by atoms with Crippen molar-refractivity contribution in [3.05, 3.63) is 46.2 Å². The predicted octanol–water partition coefficient (Wildman–Crippen LogP) is 2.53. The summed E-state index contributed by atoms with van der Waals surface area (Å²) in [6, 6.07) is 4.50. The number of hydrogen-bond donors (Lipinski definition) is 1. The molecule has 2 aromatic rings. The highest BCUT2D eigenvalue weighted by atomic mass is 32.1. The molecule has 7 heteroatoms. The zero-order chi connectivity index (χ0) is 17.1. The number of carbonyl (C=O) groups is 1. The van der Waals surface area contributed by atoms with Crippen molar-refractivity contribution in [1.82, 2.24) is 15.2 Å². The fourth-order valence-corrected chi connectivity index (χ4v) is 3.41. The number of benzene rings is 1. The number of carbonyl (C=O) groups excluding carboxylic acids is 1. The molecule has 1 N–H and O–H groups in total. The van der Waals surface area contributed by atoms with Gasteiger partial charge >= 0.3 is 0 Å². The number of hydrogen-bond acceptors (Lipinski definition) is 5. The lowest BCUT2D eigenvalue weighted by Crippen LogP contribution is -2.45. The standard InChI is InChI=1S/C17H21FN4OS/c1-12(20-17(23)15-10-24-11-19-15)14-9-13(18)3-4-16(14)22-7-5-21(2)6-8-22/h3-4,9-12H,5-8H2,1-2H3,(H,20,23)/t12-/m1/s1. The van der Waals surface area contributed by atoms with Crippen molar-refractivity contribution in [2.75, 3.05) is 38.1 Å². The van der Waals surface area contributed by atoms with Crippen molar-refractivity contribution in [2.24, 2.45) is 0 Å². The molecule has 1 aliphatic rings. The number of amides is 1. The molecule has 1 fully saturated rings. The summed E-state index contributed by atoms with van der Waals surface area (Å²) in [5.41, 5.74) is 3.79. The van der Waals surface area contributed by atoms with Crippen molar-refractivity contribution in [3.8, 4) is 0 Å². The molecule has 1 saturated heterocycles. The lowest BCUT2D eigenvalue weighted by molar-refractivity contribution is 0.0935. The van der Waals surface area contributed by atoms with E-state index >= 15 is 0 Å². The molecule has 0 aliphatic carbocycles. The van der Waals surface area contributed by atoms with E-state index in [2.05, 4.69) is 27.1 Å². The van der Waals surface area contributed by atoms with Gasteiger partial charge in [0.15, 0.2) is 0 Å². The second-order valence-electron chi connectivity index (χ2n) is 6.06. The Balaban J connectivity index is 1.80. The van der Waals surface area contributed by atoms with E-state index in [1.165, 1.54) is 23.5 Å². The third-order valence-corrected chi connectivity index (χ3v) is 4.90. The summed E-state index contributed by atoms with van der Waals surface area (Å²) in [5, 5.41) is 4.62. The molecule has 0 spiro atoms. The van der Waals surface area contributed by atoms with Crippen molar-refractivity contribution >= 4 is 22.9 Å². The maximum atomic E-state index is 13.8. The molecule has 5 nitrogen and oxygen atoms in total. The van der Waals surface area contributed by atoms with Crippen LogP contribution in [0.4, 0.5) is 10.1 Å². The average molecular weight is 348 g/mol. The molecule has 0 saturated carbocycles. The number of thiazole rings is 1. The lowest BCUT2D eigenvalue weighted by Gasteiger charge is -2.36. The number of aromatic nitrogens is 1. The summed E-state index contributed by atoms with van der Waals surface area (Å²) < 4.78 is 13.8. The molecule has 128 valence electrons. The minimum atomic E-state index is -0.301. The fourth-order valence-electron chi connectivity index (χ4n) is 2.88. The largest absolute Gasteiger partial charge is 0.369 e. The van der Waals surface area contributed by atoms with Crippen molar-refractivity contribution in [2.45, 2.75) is 13.0 Å². The van der Waals surface area contributed by atoms with Crippen LogP contribution in [0.3, 0.4) is 0 Å². The number of anilines is 1. The topological polar surface area (TPSA) is 48.5 Å². The normalized spacial score (nSPS) is 16.9. The quantitative estimate of drug-likeness (QED) is 0.922. The van der Waals surface area contributed by atoms with E-state index in [1.807, 2.05) is 13.0 Å². The van der Waals surface area contributed by atoms with E-state index < -0.39 is 0 Å². The first-order valence-electron chi connectivity index (χ1n) is 7.96. The number of piperazine rings is 1. The SMILES string of the molecule is C[C@@H](NC(=O)c1cscn1)c1cc(F)ccc1N1CCN(C)CC1. The molecule has 0 unspecified atom stereocenters. The number of nitrogens with one attached hydrogen (secondary N) is 1. The van der Waals surface area contributed by atoms with Gasteiger partial charge in [0.05, 0.1) is 11.6 Å². The first kappa shape index (κ1) is 16.9. The summed E-state index contributed by atoms with van der Waals surface area (Å²) in [4.78, 5) is 20.8. The van der Waals surface area contributed by atoms with E-state index in [-0.39, 0.29) is 17.8 Å². The molecule has 3 rings (SSSR count). The first-order chi connectivity index (χ1) is 11.5. The average Bonchev–Trinajstić information content (AvgIpc) is 3.10. The second-order valence-corrected chi connectivity index (χ2v) is 6.78. The summed E-state index contributed by atoms with van der Waals surface area (Å²) >= 11 is 1.37. The van der Waals surface area contributed by atoms with E-state index in [0.29, 0.717) is 5.69 Å². The zero-order valence-corrected chi connectivity index (χ0v) is 14.6. The highest BCUT2D eigenvalue weighted by molar-refractivity contribution is 7.07. The Hall–Kier alpha value is -1.99. The van der Waals surface area contributed by atoms with Gasteiger partial charge in [-0.15, -0.1) is 11.3 Å². The van der Waals surface area contributed by atoms with Gasteiger partial charge in [0.1, 0.15) is 11.5 Å². The van der Waals surface area contributed by atoms with E-state index in [0.717, 1.165) is 37.4 Å². The third kappa shape index (κ3) is 3.73. The van der Waals surface area contributed by atoms with Crippen LogP contribution in [-0.2, 0) is 0 Å². The van der Waals surface area contributed by atoms with Gasteiger partial charge in [-0.1, -0.05) is 0 Å². The number of halogens is 1. The Bertz CT molecular complexity index is 699. The Morgan fingerprint density at radius 1 is 1.33 bits per heavy atom. The molecular formula is C17H21FN4OS. The van der Waals surface area contributed by atoms with Crippen LogP contribution in [0.2, 0.25) is 0 Å². The maximum Gasteiger partial charge on any atom is 0.271 e. The second kappa shape index (κ2) is 7.27. The van der Waals surface area contributed by atoms with Gasteiger partial charge < -0.3 is 15.1 Å². The number of rotatable bonds is 4. The predicted molar refractivity (Wildman–Crippen MR) is 94.1 cm³/mol. The summed E-state index contributed by atoms with van der Waals surface area (Å²) in [7, 11) is 2.10. The lowest BCUT2D eigenvalue weighted by atomic mass is 10.0. The monoisotopic (exact) mass is 348 g/mol. The van der Waals surface area contributed by atoms with E-state index in [4.69, 9.17) is 0 Å². The molecule has 0 bridgehead atoms. The van der Waals surface area contributed by atoms with Gasteiger partial charge in [0.2, 0.25) is 0 Å². The van der Waals surface area contributed by atoms with Crippen LogP contribution in [0.1, 0.15) is 29.0 Å². The van der Waals surface area contributed by atoms with Crippen molar-refractivity contribution < 1.29 is 9.18 Å². The molecule has 1 atom stereocenters. The van der Waals surface area contributed by atoms with Crippen LogP contribution < -0.4 is 10.2 Å². The van der Waals surface area contributed by atoms with Crippen LogP contribution in [0.25, 0.3) is 0 Å². The van der Waals surface area contributed by atoms with Crippen LogP contribution >= 0.6 is 11.3 Å². The van der Waals surface area contributed by atoms with Crippen LogP contribution in [0.15, 0.2) is 29.1 Å². The molecule has 1 aliphatic heterocycles. The summed E-state index contributed by atoms with van der Waals surface area (Å²) in [6.45, 7) is 5.59. The first-order valence-corrected chi connectivity index (χ1v) is 8.91. The van der Waals surface area contributed by atoms with Gasteiger partial charge in [-0.25, -0.2) is 9.37 Å². The molecule has 0 radical (unpaired) electrons. The van der Waals surface area contributed by atoms with Crippen LogP contribution in [0.5, 0.6) is 0 Å². The Morgan fingerprint density at radius 2 is 2.08 bits per heavy atom. The zero-order valence-electron chi connectivity index (χ0n) is 13.8. The molecule has 24 heavy (non-hydrogen) atoms. The minimum absolute atomic E-state index is 0.239. The highest BCUT2D eigenvalue weighted by Gasteiger charge is 2.21. The fraction of sp³-hybridized carbons (Fsp3) is 0.412. The van der Waals surface area contributed by atoms with Gasteiger partial charge in [-0.05, 0) is 32.2 Å². The van der Waals surface area contributed by atoms with Gasteiger partial charge in [-0.3, -0.25) is 4.79 Å². The van der Waals surface area contributed by atoms with Gasteiger partial charge in [0.25, 0.3) is 5.91 Å². The Labute approximate surface area is 145 Å². The Morgan fingerprint density at radius 3 is 2.75 bits per heavy atom. The molecule has 2 heterocycles. The van der Waals surface area contributed by atoms with Crippen LogP contribution in [0, 0.1) is 5.82 Å². The van der Waals surface area contributed by atoms with Crippen molar-refractivity contribution in [1.29, 1.82) is 0 Å². The van der Waals surface area contributed by atoms with E-state index in [9.17, 15) is 9.18 Å². The molecular weight excluding hydrogens is 327 g/mol. The molecule has 1 amide bonds. The number of nitrogens with zero attached hydrogens (tertiary/aromatic N) is 3. The smallest absolute Gasteiger partial charge is 0.271 e. The molecule has 1 aromatic carbocycles. The summed E-state index contributed by atoms with van der Waals surface area (Å²) in [6.07, 6.45) is 0. The Kier molecular flexibility index (Phi) is 5.11. The molecule has 1 aromatic heterocycles. The highest BCUT2D eigenvalue weighted by Crippen LogP contribution is 2.28. The van der Waals surface area contributed by atoms with Gasteiger partial charge in [-0.2, -0.15) is 0 Å². The van der Waals surface area contributed by atoms with E-state index in [1.54, 1.807) is 10.9 Å². The maximum absolute atomic E-state index is 13.8. The number of likely N-dealkylation sites (N-methyl/N-ethyl adjacent to an activating group) is 1. The minimum Gasteiger partial charge on any atom is -0.369 e. The van der Waals surface area contributed by atoms with Crippen molar-refractivity contribution in [3.63, 3.8) is 0 Å². The van der Waals surface area contributed by atoms with Gasteiger partial charge in [0, 0.05) is 42.8 Å². The summed E-state index contributed by atoms with van der Waals surface area (Å²) in [5.74, 6) is -0.532. The van der Waals surface area contributed by atoms with Crippen LogP contribution in [-0.4, -0.2) is 49.0 Å².